The Balaban J connectivity index is 1.63. The maximum absolute atomic E-state index is 14.4. The number of carbonyl (C=O) groups excluding carboxylic acids is 2. The molecule has 16 nitrogen and oxygen atoms in total. The zero-order valence-electron chi connectivity index (χ0n) is 28.1. The first kappa shape index (κ1) is 35.3. The van der Waals surface area contributed by atoms with E-state index in [9.17, 15) is 39.5 Å². The predicted molar refractivity (Wildman–Crippen MR) is 173 cm³/mol. The van der Waals surface area contributed by atoms with Crippen LogP contribution in [0.3, 0.4) is 0 Å². The number of fused-ring (bicyclic) bond motifs is 2. The number of carboxylic acids is 2. The van der Waals surface area contributed by atoms with Crippen molar-refractivity contribution in [2.24, 2.45) is 0 Å². The van der Waals surface area contributed by atoms with Crippen LogP contribution in [0.2, 0.25) is 0 Å². The fourth-order valence-corrected chi connectivity index (χ4v) is 6.44. The van der Waals surface area contributed by atoms with Crippen molar-refractivity contribution in [3.8, 4) is 34.5 Å². The van der Waals surface area contributed by atoms with Crippen LogP contribution in [0.1, 0.15) is 47.8 Å². The number of carboxylic acid groups (broad SMARTS) is 2. The highest BCUT2D eigenvalue weighted by Crippen LogP contribution is 2.54. The molecule has 0 aromatic heterocycles. The zero-order valence-corrected chi connectivity index (χ0v) is 28.1. The number of nitrogens with zero attached hydrogens (tertiary/aromatic N) is 3. The molecule has 2 aliphatic heterocycles. The van der Waals surface area contributed by atoms with Crippen LogP contribution in [0.25, 0.3) is 0 Å². The predicted octanol–water partition coefficient (Wildman–Crippen LogP) is 3.68. The summed E-state index contributed by atoms with van der Waals surface area (Å²) in [5, 5.41) is 30.9. The van der Waals surface area contributed by atoms with Crippen LogP contribution < -0.4 is 23.7 Å². The molecule has 2 N–H and O–H groups in total. The number of carbonyl (C=O) groups is 4. The van der Waals surface area contributed by atoms with Crippen molar-refractivity contribution in [2.45, 2.75) is 38.3 Å². The second kappa shape index (κ2) is 13.4. The fourth-order valence-electron chi connectivity index (χ4n) is 6.44. The Morgan fingerprint density at radius 1 is 0.920 bits per heavy atom. The first-order valence-electron chi connectivity index (χ1n) is 15.2. The summed E-state index contributed by atoms with van der Waals surface area (Å²) in [6.07, 6.45) is -2.05. The average Bonchev–Trinajstić information content (AvgIpc) is 3.36. The monoisotopic (exact) mass is 693 g/mol. The summed E-state index contributed by atoms with van der Waals surface area (Å²) in [5.74, 6) is -2.82. The van der Waals surface area contributed by atoms with E-state index in [0.717, 1.165) is 12.1 Å². The van der Waals surface area contributed by atoms with E-state index in [-0.39, 0.29) is 40.7 Å². The number of aliphatic carboxylic acids is 2. The second-order valence-corrected chi connectivity index (χ2v) is 12.1. The number of likely N-dealkylation sites (N-methyl/N-ethyl adjacent to an activating group) is 1. The minimum Gasteiger partial charge on any atom is -0.496 e. The minimum absolute atomic E-state index is 0.0437. The molecule has 1 saturated heterocycles. The van der Waals surface area contributed by atoms with Gasteiger partial charge in [-0.25, -0.2) is 4.79 Å². The number of rotatable bonds is 12. The van der Waals surface area contributed by atoms with Crippen molar-refractivity contribution in [1.82, 2.24) is 9.80 Å². The van der Waals surface area contributed by atoms with E-state index in [4.69, 9.17) is 23.7 Å². The van der Waals surface area contributed by atoms with Gasteiger partial charge in [0.05, 0.1) is 45.2 Å². The number of benzene rings is 3. The number of hydrogen-bond donors (Lipinski definition) is 2. The van der Waals surface area contributed by atoms with Gasteiger partial charge < -0.3 is 43.7 Å². The van der Waals surface area contributed by atoms with Crippen molar-refractivity contribution in [3.63, 3.8) is 0 Å². The van der Waals surface area contributed by atoms with Crippen LogP contribution in [-0.4, -0.2) is 90.2 Å². The van der Waals surface area contributed by atoms with Gasteiger partial charge in [-0.15, -0.1) is 0 Å². The summed E-state index contributed by atoms with van der Waals surface area (Å²) in [5.41, 5.74) is 0.755. The molecular formula is C34H35N3O13. The molecule has 0 saturated carbocycles. The molecule has 1 fully saturated rings. The SMILES string of the molecule is COc1ccc2c(c1CC(=O)O)Oc1c(ccc(OC)c1CC(=O)N1CC(=O)N(C)[C@H]1c1cc([N+](=O)[O-])cc(OC)c1OCC(=O)O)C2(C)C. The minimum atomic E-state index is -1.34. The number of nitro groups is 1. The van der Waals surface area contributed by atoms with Crippen molar-refractivity contribution in [1.29, 1.82) is 0 Å². The lowest BCUT2D eigenvalue weighted by molar-refractivity contribution is -0.385. The molecule has 5 rings (SSSR count). The van der Waals surface area contributed by atoms with Gasteiger partial charge in [0.2, 0.25) is 11.8 Å². The molecule has 16 heteroatoms. The number of non-ortho nitro benzene ring substituents is 1. The molecule has 0 spiro atoms. The van der Waals surface area contributed by atoms with Crippen molar-refractivity contribution in [2.75, 3.05) is 41.5 Å². The molecule has 0 radical (unpaired) electrons. The smallest absolute Gasteiger partial charge is 0.341 e. The van der Waals surface area contributed by atoms with E-state index in [1.807, 2.05) is 13.8 Å². The lowest BCUT2D eigenvalue weighted by Gasteiger charge is -2.37. The molecule has 0 unspecified atom stereocenters. The first-order valence-corrected chi connectivity index (χ1v) is 15.2. The number of nitro benzene ring substituents is 1. The van der Waals surface area contributed by atoms with Crippen LogP contribution >= 0.6 is 0 Å². The molecule has 3 aromatic carbocycles. The number of amides is 2. The molecule has 50 heavy (non-hydrogen) atoms. The summed E-state index contributed by atoms with van der Waals surface area (Å²) in [7, 11) is 5.44. The Hall–Kier alpha value is -6.06. The number of hydrogen-bond acceptors (Lipinski definition) is 11. The normalized spacial score (nSPS) is 15.8. The van der Waals surface area contributed by atoms with Crippen LogP contribution in [-0.2, 0) is 37.4 Å². The van der Waals surface area contributed by atoms with Crippen molar-refractivity contribution >= 4 is 29.4 Å². The van der Waals surface area contributed by atoms with Gasteiger partial charge in [0.25, 0.3) is 5.69 Å². The zero-order chi connectivity index (χ0) is 36.7. The maximum atomic E-state index is 14.4. The molecule has 3 aromatic rings. The Bertz CT molecular complexity index is 1920. The first-order chi connectivity index (χ1) is 23.6. The highest BCUT2D eigenvalue weighted by molar-refractivity contribution is 5.91. The maximum Gasteiger partial charge on any atom is 0.341 e. The third-order valence-electron chi connectivity index (χ3n) is 8.88. The van der Waals surface area contributed by atoms with Crippen molar-refractivity contribution < 1.29 is 58.0 Å². The van der Waals surface area contributed by atoms with Gasteiger partial charge >= 0.3 is 11.9 Å². The molecule has 2 aliphatic rings. The highest BCUT2D eigenvalue weighted by atomic mass is 16.6. The van der Waals surface area contributed by atoms with Gasteiger partial charge in [-0.3, -0.25) is 24.5 Å². The van der Waals surface area contributed by atoms with Gasteiger partial charge in [-0.1, -0.05) is 26.0 Å². The molecule has 1 atom stereocenters. The standard InChI is InChI=1S/C34H35N3O13/c1-34(2)21-7-9-23(46-4)18(30(21)50-31-19(14-28(40)41)24(47-5)10-8-22(31)34)13-26(38)36-15-27(39)35(3)33(36)20-11-17(37(44)45)12-25(48-6)32(20)49-16-29(42)43/h7-12,33H,13-16H2,1-6H3,(H,40,41)(H,42,43)/t33-/m1/s1. The fraction of sp³-hybridized carbons (Fsp3) is 0.353. The topological polar surface area (TPSA) is 205 Å². The number of ether oxygens (including phenoxy) is 5. The summed E-state index contributed by atoms with van der Waals surface area (Å²) in [6.45, 7) is 2.60. The number of methoxy groups -OCH3 is 3. The third-order valence-corrected chi connectivity index (χ3v) is 8.88. The van der Waals surface area contributed by atoms with E-state index < -0.39 is 65.5 Å². The van der Waals surface area contributed by atoms with E-state index in [0.29, 0.717) is 28.0 Å². The lowest BCUT2D eigenvalue weighted by atomic mass is 9.74. The van der Waals surface area contributed by atoms with E-state index >= 15 is 0 Å². The van der Waals surface area contributed by atoms with Crippen molar-refractivity contribution in [3.05, 3.63) is 74.3 Å². The van der Waals surface area contributed by atoms with E-state index in [1.165, 1.54) is 38.2 Å². The van der Waals surface area contributed by atoms with E-state index in [2.05, 4.69) is 0 Å². The molecular weight excluding hydrogens is 658 g/mol. The largest absolute Gasteiger partial charge is 0.496 e. The van der Waals surface area contributed by atoms with Gasteiger partial charge in [0, 0.05) is 46.3 Å². The molecule has 2 heterocycles. The molecule has 264 valence electrons. The second-order valence-electron chi connectivity index (χ2n) is 12.1. The molecule has 2 amide bonds. The summed E-state index contributed by atoms with van der Waals surface area (Å²) in [6, 6.07) is 9.11. The van der Waals surface area contributed by atoms with E-state index in [1.54, 1.807) is 24.3 Å². The van der Waals surface area contributed by atoms with Crippen LogP contribution in [0, 0.1) is 10.1 Å². The Labute approximate surface area is 285 Å². The van der Waals surface area contributed by atoms with Gasteiger partial charge in [0.15, 0.2) is 18.1 Å². The summed E-state index contributed by atoms with van der Waals surface area (Å²) < 4.78 is 28.4. The quantitative estimate of drug-likeness (QED) is 0.205. The third kappa shape index (κ3) is 6.15. The molecule has 0 bridgehead atoms. The van der Waals surface area contributed by atoms with Crippen LogP contribution in [0.4, 0.5) is 5.69 Å². The van der Waals surface area contributed by atoms with Gasteiger partial charge in [-0.2, -0.15) is 0 Å². The Kier molecular flexibility index (Phi) is 9.48. The van der Waals surface area contributed by atoms with Gasteiger partial charge in [0.1, 0.15) is 35.7 Å². The highest BCUT2D eigenvalue weighted by Gasteiger charge is 2.44. The van der Waals surface area contributed by atoms with Crippen LogP contribution in [0.15, 0.2) is 36.4 Å². The lowest BCUT2D eigenvalue weighted by Crippen LogP contribution is -2.36. The summed E-state index contributed by atoms with van der Waals surface area (Å²) in [4.78, 5) is 64.4. The van der Waals surface area contributed by atoms with Gasteiger partial charge in [-0.05, 0) is 12.1 Å². The molecule has 0 aliphatic carbocycles. The summed E-state index contributed by atoms with van der Waals surface area (Å²) >= 11 is 0. The average molecular weight is 694 g/mol. The Morgan fingerprint density at radius 3 is 1.98 bits per heavy atom. The van der Waals surface area contributed by atoms with Crippen LogP contribution in [0.5, 0.6) is 34.5 Å². The Morgan fingerprint density at radius 2 is 1.48 bits per heavy atom.